The third-order valence-electron chi connectivity index (χ3n) is 5.59. The topological polar surface area (TPSA) is 96.2 Å². The second-order valence-corrected chi connectivity index (χ2v) is 10.7. The standard InChI is InChI=1S/C28H27BrN2O6S/c1-6-35-27(34)24-16(4)30-28-31(25(24)19-8-10-20(11-9-19)36-15(2)3)26(33)23(38-28)14-18-7-12-22(21(29)13-18)37-17(5)32/h7-15,25H,6H2,1-5H3/b23-14-/t25-/m0/s1. The fourth-order valence-electron chi connectivity index (χ4n) is 4.10. The molecule has 1 aliphatic heterocycles. The second kappa shape index (κ2) is 11.5. The third kappa shape index (κ3) is 5.81. The first-order valence-electron chi connectivity index (χ1n) is 12.0. The van der Waals surface area contributed by atoms with Crippen LogP contribution in [0.25, 0.3) is 6.08 Å². The Balaban J connectivity index is 1.85. The van der Waals surface area contributed by atoms with Crippen molar-refractivity contribution in [3.05, 3.63) is 89.0 Å². The first kappa shape index (κ1) is 27.5. The molecule has 0 saturated carbocycles. The molecule has 0 radical (unpaired) electrons. The van der Waals surface area contributed by atoms with Gasteiger partial charge >= 0.3 is 11.9 Å². The number of benzene rings is 2. The molecule has 3 aromatic rings. The van der Waals surface area contributed by atoms with E-state index in [4.69, 9.17) is 14.2 Å². The van der Waals surface area contributed by atoms with Crippen LogP contribution in [0.4, 0.5) is 0 Å². The summed E-state index contributed by atoms with van der Waals surface area (Å²) in [6, 6.07) is 11.8. The van der Waals surface area contributed by atoms with Gasteiger partial charge in [-0.2, -0.15) is 0 Å². The number of esters is 2. The summed E-state index contributed by atoms with van der Waals surface area (Å²) in [5.41, 5.74) is 2.00. The van der Waals surface area contributed by atoms with Crippen molar-refractivity contribution in [3.8, 4) is 11.5 Å². The van der Waals surface area contributed by atoms with Gasteiger partial charge in [-0.05, 0) is 85.1 Å². The van der Waals surface area contributed by atoms with Gasteiger partial charge in [-0.15, -0.1) is 0 Å². The summed E-state index contributed by atoms with van der Waals surface area (Å²) < 4.78 is 18.8. The van der Waals surface area contributed by atoms with Gasteiger partial charge in [0.2, 0.25) is 0 Å². The number of rotatable bonds is 7. The molecule has 0 fully saturated rings. The van der Waals surface area contributed by atoms with Gasteiger partial charge in [0, 0.05) is 6.92 Å². The SMILES string of the molecule is CCOC(=O)C1=C(C)N=c2s/c(=C\c3ccc(OC(C)=O)c(Br)c3)c(=O)n2[C@H]1c1ccc(OC(C)C)cc1. The van der Waals surface area contributed by atoms with E-state index in [1.807, 2.05) is 38.1 Å². The number of ether oxygens (including phenoxy) is 3. The maximum Gasteiger partial charge on any atom is 0.338 e. The smallest absolute Gasteiger partial charge is 0.338 e. The number of carbonyl (C=O) groups excluding carboxylic acids is 2. The number of nitrogens with zero attached hydrogens (tertiary/aromatic N) is 2. The minimum absolute atomic E-state index is 0.0129. The Morgan fingerprint density at radius 3 is 2.50 bits per heavy atom. The van der Waals surface area contributed by atoms with Crippen LogP contribution >= 0.6 is 27.3 Å². The fraction of sp³-hybridized carbons (Fsp3) is 0.286. The van der Waals surface area contributed by atoms with E-state index in [1.54, 1.807) is 38.1 Å². The van der Waals surface area contributed by atoms with Gasteiger partial charge in [-0.25, -0.2) is 9.79 Å². The zero-order valence-electron chi connectivity index (χ0n) is 21.6. The van der Waals surface area contributed by atoms with Crippen LogP contribution in [0.3, 0.4) is 0 Å². The van der Waals surface area contributed by atoms with E-state index in [9.17, 15) is 14.4 Å². The summed E-state index contributed by atoms with van der Waals surface area (Å²) in [6.45, 7) is 8.90. The van der Waals surface area contributed by atoms with Gasteiger partial charge in [0.1, 0.15) is 11.5 Å². The summed E-state index contributed by atoms with van der Waals surface area (Å²) >= 11 is 4.64. The molecule has 1 aliphatic rings. The fourth-order valence-corrected chi connectivity index (χ4v) is 5.63. The lowest BCUT2D eigenvalue weighted by molar-refractivity contribution is -0.139. The Kier molecular flexibility index (Phi) is 8.32. The number of carbonyl (C=O) groups is 2. The van der Waals surface area contributed by atoms with Crippen LogP contribution in [0.15, 0.2) is 68.0 Å². The highest BCUT2D eigenvalue weighted by Gasteiger charge is 2.33. The summed E-state index contributed by atoms with van der Waals surface area (Å²) in [6.07, 6.45) is 1.76. The third-order valence-corrected chi connectivity index (χ3v) is 7.19. The number of allylic oxidation sites excluding steroid dienone is 1. The number of fused-ring (bicyclic) bond motifs is 1. The highest BCUT2D eigenvalue weighted by atomic mass is 79.9. The van der Waals surface area contributed by atoms with Crippen molar-refractivity contribution in [1.29, 1.82) is 0 Å². The van der Waals surface area contributed by atoms with Crippen LogP contribution in [0.1, 0.15) is 51.8 Å². The second-order valence-electron chi connectivity index (χ2n) is 8.82. The van der Waals surface area contributed by atoms with E-state index in [0.717, 1.165) is 11.1 Å². The number of aromatic nitrogens is 1. The Labute approximate surface area is 232 Å². The maximum absolute atomic E-state index is 13.7. The Bertz CT molecular complexity index is 1600. The van der Waals surface area contributed by atoms with E-state index in [-0.39, 0.29) is 18.3 Å². The van der Waals surface area contributed by atoms with Crippen molar-refractivity contribution in [3.63, 3.8) is 0 Å². The van der Waals surface area contributed by atoms with Gasteiger partial charge in [-0.3, -0.25) is 14.2 Å². The average molecular weight is 600 g/mol. The number of thiazole rings is 1. The number of hydrogen-bond donors (Lipinski definition) is 0. The van der Waals surface area contributed by atoms with Crippen molar-refractivity contribution in [2.75, 3.05) is 6.61 Å². The molecule has 2 aromatic carbocycles. The molecule has 10 heteroatoms. The van der Waals surface area contributed by atoms with Crippen LogP contribution in [0.5, 0.6) is 11.5 Å². The van der Waals surface area contributed by atoms with Crippen LogP contribution in [0.2, 0.25) is 0 Å². The van der Waals surface area contributed by atoms with Crippen LogP contribution < -0.4 is 24.4 Å². The Morgan fingerprint density at radius 2 is 1.89 bits per heavy atom. The van der Waals surface area contributed by atoms with Crippen molar-refractivity contribution in [1.82, 2.24) is 4.57 Å². The quantitative estimate of drug-likeness (QED) is 0.297. The molecule has 0 unspecified atom stereocenters. The zero-order valence-corrected chi connectivity index (χ0v) is 24.0. The van der Waals surface area contributed by atoms with Gasteiger partial charge < -0.3 is 14.2 Å². The lowest BCUT2D eigenvalue weighted by Gasteiger charge is -2.25. The predicted molar refractivity (Wildman–Crippen MR) is 148 cm³/mol. The summed E-state index contributed by atoms with van der Waals surface area (Å²) in [5.74, 6) is 0.136. The van der Waals surface area contributed by atoms with Crippen molar-refractivity contribution in [2.24, 2.45) is 4.99 Å². The minimum Gasteiger partial charge on any atom is -0.491 e. The normalized spacial score (nSPS) is 15.2. The van der Waals surface area contributed by atoms with Crippen LogP contribution in [0, 0.1) is 0 Å². The number of halogens is 1. The number of hydrogen-bond acceptors (Lipinski definition) is 8. The molecule has 0 N–H and O–H groups in total. The van der Waals surface area contributed by atoms with Gasteiger partial charge in [-0.1, -0.05) is 29.5 Å². The molecular formula is C28H27BrN2O6S. The van der Waals surface area contributed by atoms with Crippen LogP contribution in [-0.2, 0) is 14.3 Å². The molecule has 0 spiro atoms. The predicted octanol–water partition coefficient (Wildman–Crippen LogP) is 4.27. The first-order valence-corrected chi connectivity index (χ1v) is 13.6. The molecule has 38 heavy (non-hydrogen) atoms. The van der Waals surface area contributed by atoms with E-state index in [0.29, 0.717) is 36.6 Å². The lowest BCUT2D eigenvalue weighted by Crippen LogP contribution is -2.39. The lowest BCUT2D eigenvalue weighted by atomic mass is 9.96. The van der Waals surface area contributed by atoms with E-state index < -0.39 is 18.0 Å². The molecule has 2 heterocycles. The Hall–Kier alpha value is -3.50. The van der Waals surface area contributed by atoms with Crippen molar-refractivity contribution >= 4 is 45.3 Å². The van der Waals surface area contributed by atoms with E-state index in [1.165, 1.54) is 22.8 Å². The van der Waals surface area contributed by atoms with E-state index in [2.05, 4.69) is 20.9 Å². The Morgan fingerprint density at radius 1 is 1.18 bits per heavy atom. The minimum atomic E-state index is -0.710. The molecule has 0 bridgehead atoms. The molecule has 1 atom stereocenters. The highest BCUT2D eigenvalue weighted by Crippen LogP contribution is 2.32. The molecule has 0 saturated heterocycles. The molecular weight excluding hydrogens is 572 g/mol. The monoisotopic (exact) mass is 598 g/mol. The van der Waals surface area contributed by atoms with Gasteiger partial charge in [0.05, 0.1) is 39.0 Å². The summed E-state index contributed by atoms with van der Waals surface area (Å²) in [5, 5.41) is 0. The average Bonchev–Trinajstić information content (AvgIpc) is 3.14. The highest BCUT2D eigenvalue weighted by molar-refractivity contribution is 9.10. The summed E-state index contributed by atoms with van der Waals surface area (Å²) in [4.78, 5) is 43.2. The molecule has 4 rings (SSSR count). The maximum atomic E-state index is 13.7. The summed E-state index contributed by atoms with van der Waals surface area (Å²) in [7, 11) is 0. The van der Waals surface area contributed by atoms with Gasteiger partial charge in [0.15, 0.2) is 4.80 Å². The van der Waals surface area contributed by atoms with Crippen LogP contribution in [-0.4, -0.2) is 29.2 Å². The molecule has 0 amide bonds. The van der Waals surface area contributed by atoms with E-state index >= 15 is 0 Å². The van der Waals surface area contributed by atoms with Crippen molar-refractivity contribution < 1.29 is 23.8 Å². The largest absolute Gasteiger partial charge is 0.491 e. The molecule has 8 nitrogen and oxygen atoms in total. The first-order chi connectivity index (χ1) is 18.1. The zero-order chi connectivity index (χ0) is 27.6. The molecule has 0 aliphatic carbocycles. The van der Waals surface area contributed by atoms with Crippen molar-refractivity contribution in [2.45, 2.75) is 46.8 Å². The molecule has 198 valence electrons. The molecule has 1 aromatic heterocycles. The van der Waals surface area contributed by atoms with Gasteiger partial charge in [0.25, 0.3) is 5.56 Å².